The zero-order valence-electron chi connectivity index (χ0n) is 16.2. The molecule has 3 aromatic rings. The van der Waals surface area contributed by atoms with E-state index in [-0.39, 0.29) is 0 Å². The molecule has 4 rings (SSSR count). The number of hydroxylamine groups is 1. The van der Waals surface area contributed by atoms with Crippen molar-refractivity contribution < 1.29 is 9.94 Å². The number of rotatable bonds is 2. The molecule has 3 aromatic carbocycles. The van der Waals surface area contributed by atoms with E-state index in [1.54, 1.807) is 0 Å². The molecule has 0 aliphatic carbocycles. The minimum Gasteiger partial charge on any atom is -0.343 e. The first-order valence-electron chi connectivity index (χ1n) is 9.26. The Morgan fingerprint density at radius 3 is 1.89 bits per heavy atom. The van der Waals surface area contributed by atoms with Crippen LogP contribution in [0.2, 0.25) is 0 Å². The number of fused-ring (bicyclic) bond motifs is 1. The molecule has 3 nitrogen and oxygen atoms in total. The number of ether oxygens (including phenoxy) is 1. The maximum absolute atomic E-state index is 13.3. The average Bonchev–Trinajstić information content (AvgIpc) is 2.66. The van der Waals surface area contributed by atoms with Crippen molar-refractivity contribution in [2.24, 2.45) is 0 Å². The lowest BCUT2D eigenvalue weighted by atomic mass is 9.85. The smallest absolute Gasteiger partial charge is 0.163 e. The predicted molar refractivity (Wildman–Crippen MR) is 109 cm³/mol. The van der Waals surface area contributed by atoms with Gasteiger partial charge < -0.3 is 4.74 Å². The molecule has 0 spiro atoms. The Hall–Kier alpha value is -2.62. The highest BCUT2D eigenvalue weighted by molar-refractivity contribution is 5.87. The van der Waals surface area contributed by atoms with E-state index in [0.29, 0.717) is 5.69 Å². The van der Waals surface area contributed by atoms with Crippen LogP contribution in [0.1, 0.15) is 33.3 Å². The molecule has 0 saturated carbocycles. The van der Waals surface area contributed by atoms with Crippen molar-refractivity contribution in [3.8, 4) is 22.3 Å². The van der Waals surface area contributed by atoms with Crippen molar-refractivity contribution in [3.63, 3.8) is 0 Å². The summed E-state index contributed by atoms with van der Waals surface area (Å²) in [4.78, 5) is 0. The van der Waals surface area contributed by atoms with Gasteiger partial charge in [0.2, 0.25) is 0 Å². The van der Waals surface area contributed by atoms with Gasteiger partial charge in [-0.3, -0.25) is 0 Å². The van der Waals surface area contributed by atoms with E-state index in [1.165, 1.54) is 0 Å². The van der Waals surface area contributed by atoms with Crippen molar-refractivity contribution in [2.75, 3.05) is 5.06 Å². The molecule has 0 unspecified atom stereocenters. The van der Waals surface area contributed by atoms with Crippen molar-refractivity contribution >= 4 is 5.69 Å². The standard InChI is InChI=1S/C24H24NO2/c1-23(2)21-16-19(17-11-7-5-8-12-17)15-20(18-13-9-6-10-14-18)22(21)25(26)24(3,4)27-23/h5-16H,1-4H3. The van der Waals surface area contributed by atoms with Crippen LogP contribution in [0.25, 0.3) is 22.3 Å². The molecular weight excluding hydrogens is 334 g/mol. The number of benzene rings is 3. The summed E-state index contributed by atoms with van der Waals surface area (Å²) in [5.41, 5.74) is 4.27. The Morgan fingerprint density at radius 2 is 1.30 bits per heavy atom. The fourth-order valence-electron chi connectivity index (χ4n) is 3.94. The summed E-state index contributed by atoms with van der Waals surface area (Å²) >= 11 is 0. The van der Waals surface area contributed by atoms with Gasteiger partial charge in [0, 0.05) is 11.1 Å². The summed E-state index contributed by atoms with van der Waals surface area (Å²) in [5, 5.41) is 14.3. The van der Waals surface area contributed by atoms with Crippen LogP contribution in [0.15, 0.2) is 72.8 Å². The topological polar surface area (TPSA) is 32.4 Å². The normalized spacial score (nSPS) is 17.4. The van der Waals surface area contributed by atoms with E-state index < -0.39 is 11.3 Å². The lowest BCUT2D eigenvalue weighted by molar-refractivity contribution is -0.180. The summed E-state index contributed by atoms with van der Waals surface area (Å²) in [6.07, 6.45) is 0. The van der Waals surface area contributed by atoms with E-state index in [4.69, 9.17) is 4.74 Å². The van der Waals surface area contributed by atoms with Crippen LogP contribution in [-0.2, 0) is 15.5 Å². The van der Waals surface area contributed by atoms with E-state index in [2.05, 4.69) is 24.3 Å². The van der Waals surface area contributed by atoms with Crippen LogP contribution >= 0.6 is 0 Å². The van der Waals surface area contributed by atoms with Gasteiger partial charge in [0.05, 0.1) is 11.3 Å². The average molecular weight is 358 g/mol. The monoisotopic (exact) mass is 358 g/mol. The molecule has 0 N–H and O–H groups in total. The predicted octanol–water partition coefficient (Wildman–Crippen LogP) is 6.17. The van der Waals surface area contributed by atoms with Crippen molar-refractivity contribution in [2.45, 2.75) is 39.0 Å². The molecule has 0 amide bonds. The lowest BCUT2D eigenvalue weighted by Crippen LogP contribution is -2.52. The number of anilines is 1. The summed E-state index contributed by atoms with van der Waals surface area (Å²) in [6, 6.07) is 24.5. The molecule has 1 aliphatic heterocycles. The van der Waals surface area contributed by atoms with Crippen LogP contribution < -0.4 is 5.06 Å². The third kappa shape index (κ3) is 3.03. The third-order valence-corrected chi connectivity index (χ3v) is 5.15. The lowest BCUT2D eigenvalue weighted by Gasteiger charge is -2.47. The Morgan fingerprint density at radius 1 is 0.741 bits per heavy atom. The van der Waals surface area contributed by atoms with Crippen molar-refractivity contribution in [3.05, 3.63) is 78.4 Å². The fourth-order valence-corrected chi connectivity index (χ4v) is 3.94. The molecule has 1 heterocycles. The molecular formula is C24H24NO2. The van der Waals surface area contributed by atoms with Gasteiger partial charge in [0.1, 0.15) is 0 Å². The molecule has 1 aliphatic rings. The van der Waals surface area contributed by atoms with Crippen LogP contribution in [0.5, 0.6) is 0 Å². The molecule has 1 radical (unpaired) electrons. The van der Waals surface area contributed by atoms with Crippen molar-refractivity contribution in [1.82, 2.24) is 0 Å². The number of hydrogen-bond acceptors (Lipinski definition) is 2. The molecule has 27 heavy (non-hydrogen) atoms. The highest BCUT2D eigenvalue weighted by Gasteiger charge is 2.45. The molecule has 0 aromatic heterocycles. The van der Waals surface area contributed by atoms with Gasteiger partial charge in [-0.1, -0.05) is 65.9 Å². The highest BCUT2D eigenvalue weighted by Crippen LogP contribution is 2.49. The maximum Gasteiger partial charge on any atom is 0.163 e. The van der Waals surface area contributed by atoms with Gasteiger partial charge in [0.25, 0.3) is 0 Å². The summed E-state index contributed by atoms with van der Waals surface area (Å²) < 4.78 is 6.20. The first-order valence-corrected chi connectivity index (χ1v) is 9.26. The van der Waals surface area contributed by atoms with E-state index >= 15 is 0 Å². The Labute approximate surface area is 160 Å². The zero-order chi connectivity index (χ0) is 19.2. The maximum atomic E-state index is 13.3. The van der Waals surface area contributed by atoms with E-state index in [0.717, 1.165) is 32.9 Å². The van der Waals surface area contributed by atoms with Crippen LogP contribution in [0.3, 0.4) is 0 Å². The third-order valence-electron chi connectivity index (χ3n) is 5.15. The first kappa shape index (κ1) is 17.8. The zero-order valence-corrected chi connectivity index (χ0v) is 16.2. The fraction of sp³-hybridized carbons (Fsp3) is 0.250. The molecule has 0 atom stereocenters. The number of hydrogen-bond donors (Lipinski definition) is 0. The quantitative estimate of drug-likeness (QED) is 0.548. The van der Waals surface area contributed by atoms with Gasteiger partial charge in [0.15, 0.2) is 5.72 Å². The minimum atomic E-state index is -0.936. The largest absolute Gasteiger partial charge is 0.343 e. The van der Waals surface area contributed by atoms with Gasteiger partial charge in [-0.25, -0.2) is 0 Å². The van der Waals surface area contributed by atoms with E-state index in [1.807, 2.05) is 76.2 Å². The number of nitrogens with zero attached hydrogens (tertiary/aromatic N) is 1. The van der Waals surface area contributed by atoms with Crippen LogP contribution in [-0.4, -0.2) is 5.72 Å². The first-order chi connectivity index (χ1) is 12.8. The van der Waals surface area contributed by atoms with Crippen LogP contribution in [0, 0.1) is 0 Å². The Balaban J connectivity index is 2.05. The van der Waals surface area contributed by atoms with Gasteiger partial charge in [-0.05, 0) is 56.5 Å². The van der Waals surface area contributed by atoms with Gasteiger partial charge in [-0.2, -0.15) is 5.06 Å². The second-order valence-corrected chi connectivity index (χ2v) is 8.01. The van der Waals surface area contributed by atoms with Gasteiger partial charge in [-0.15, -0.1) is 0 Å². The summed E-state index contributed by atoms with van der Waals surface area (Å²) in [7, 11) is 0. The molecule has 0 bridgehead atoms. The minimum absolute atomic E-state index is 0.575. The van der Waals surface area contributed by atoms with Crippen LogP contribution in [0.4, 0.5) is 5.69 Å². The Bertz CT molecular complexity index is 962. The van der Waals surface area contributed by atoms with E-state index in [9.17, 15) is 5.21 Å². The second-order valence-electron chi connectivity index (χ2n) is 8.01. The summed E-state index contributed by atoms with van der Waals surface area (Å²) in [5.74, 6) is 0. The molecule has 0 fully saturated rings. The molecule has 137 valence electrons. The highest BCUT2D eigenvalue weighted by atomic mass is 16.6. The molecule has 0 saturated heterocycles. The second kappa shape index (κ2) is 6.22. The molecule has 3 heteroatoms. The summed E-state index contributed by atoms with van der Waals surface area (Å²) in [6.45, 7) is 7.71. The Kier molecular flexibility index (Phi) is 4.10. The SMILES string of the molecule is CC1(C)OC(C)(C)N([O])c2c(-c3ccccc3)cc(-c3ccccc3)cc21. The van der Waals surface area contributed by atoms with Crippen molar-refractivity contribution in [1.29, 1.82) is 0 Å². The van der Waals surface area contributed by atoms with Gasteiger partial charge >= 0.3 is 0 Å².